The molecule has 1 aromatic heterocycles. The molecule has 5 heteroatoms. The largest absolute Gasteiger partial charge is 0.518 e. The van der Waals surface area contributed by atoms with Crippen molar-refractivity contribution in [3.8, 4) is 6.01 Å². The van der Waals surface area contributed by atoms with Crippen molar-refractivity contribution in [2.75, 3.05) is 7.11 Å². The zero-order chi connectivity index (χ0) is 10.6. The molecule has 14 heavy (non-hydrogen) atoms. The van der Waals surface area contributed by atoms with Crippen LogP contribution < -0.4 is 9.30 Å². The Kier molecular flexibility index (Phi) is 3.50. The van der Waals surface area contributed by atoms with Crippen molar-refractivity contribution >= 4 is 6.16 Å². The number of methoxy groups -OCH3 is 1. The van der Waals surface area contributed by atoms with Crippen LogP contribution in [-0.2, 0) is 18.3 Å². The molecular weight excluding hydrogens is 184 g/mol. The summed E-state index contributed by atoms with van der Waals surface area (Å²) in [5.74, 6) is 0. The van der Waals surface area contributed by atoms with E-state index in [0.717, 1.165) is 13.0 Å². The van der Waals surface area contributed by atoms with Gasteiger partial charge in [-0.25, -0.2) is 4.79 Å². The Morgan fingerprint density at radius 2 is 2.36 bits per heavy atom. The van der Waals surface area contributed by atoms with Gasteiger partial charge in [-0.05, 0) is 6.42 Å². The molecule has 1 rings (SSSR count). The van der Waals surface area contributed by atoms with Gasteiger partial charge in [0.15, 0.2) is 0 Å². The second-order valence-electron chi connectivity index (χ2n) is 2.94. The summed E-state index contributed by atoms with van der Waals surface area (Å²) in [7, 11) is 3.10. The monoisotopic (exact) mass is 199 g/mol. The number of hydrogen-bond acceptors (Lipinski definition) is 3. The van der Waals surface area contributed by atoms with Crippen LogP contribution in [-0.4, -0.2) is 17.8 Å². The second-order valence-corrected chi connectivity index (χ2v) is 2.94. The first-order valence-electron chi connectivity index (χ1n) is 4.49. The van der Waals surface area contributed by atoms with Crippen LogP contribution in [0.3, 0.4) is 0 Å². The number of rotatable bonds is 3. The van der Waals surface area contributed by atoms with E-state index in [1.165, 1.54) is 7.11 Å². The maximum absolute atomic E-state index is 10.9. The van der Waals surface area contributed by atoms with Crippen LogP contribution in [0.15, 0.2) is 12.4 Å². The Hall–Kier alpha value is -1.52. The summed E-state index contributed by atoms with van der Waals surface area (Å²) in [6, 6.07) is 0.485. The van der Waals surface area contributed by atoms with Gasteiger partial charge >= 0.3 is 12.2 Å². The van der Waals surface area contributed by atoms with Crippen LogP contribution in [0.1, 0.15) is 13.3 Å². The van der Waals surface area contributed by atoms with E-state index in [1.807, 2.05) is 24.0 Å². The molecule has 0 spiro atoms. The minimum absolute atomic E-state index is 0.485. The molecule has 0 saturated carbocycles. The SMILES string of the molecule is CCCn1cc[n+](C)c1OC(=O)OC. The molecule has 78 valence electrons. The molecule has 5 nitrogen and oxygen atoms in total. The first-order chi connectivity index (χ1) is 6.69. The van der Waals surface area contributed by atoms with Gasteiger partial charge in [0, 0.05) is 0 Å². The number of carbonyl (C=O) groups excluding carboxylic acids is 1. The molecule has 0 bridgehead atoms. The van der Waals surface area contributed by atoms with E-state index in [1.54, 1.807) is 4.57 Å². The number of carbonyl (C=O) groups is 1. The fraction of sp³-hybridized carbons (Fsp3) is 0.556. The van der Waals surface area contributed by atoms with E-state index < -0.39 is 6.16 Å². The lowest BCUT2D eigenvalue weighted by molar-refractivity contribution is -0.675. The molecule has 0 amide bonds. The second kappa shape index (κ2) is 4.64. The van der Waals surface area contributed by atoms with Gasteiger partial charge in [-0.15, -0.1) is 0 Å². The van der Waals surface area contributed by atoms with Crippen molar-refractivity contribution in [1.29, 1.82) is 0 Å². The molecule has 1 heterocycles. The van der Waals surface area contributed by atoms with Crippen LogP contribution >= 0.6 is 0 Å². The molecule has 0 atom stereocenters. The summed E-state index contributed by atoms with van der Waals surface area (Å²) in [4.78, 5) is 10.9. The van der Waals surface area contributed by atoms with E-state index in [0.29, 0.717) is 6.01 Å². The van der Waals surface area contributed by atoms with Crippen molar-refractivity contribution in [1.82, 2.24) is 4.57 Å². The molecule has 0 aliphatic rings. The molecule has 1 aromatic rings. The van der Waals surface area contributed by atoms with E-state index in [2.05, 4.69) is 11.7 Å². The van der Waals surface area contributed by atoms with E-state index >= 15 is 0 Å². The Bertz CT molecular complexity index is 320. The van der Waals surface area contributed by atoms with Gasteiger partial charge in [-0.3, -0.25) is 0 Å². The van der Waals surface area contributed by atoms with E-state index in [4.69, 9.17) is 4.74 Å². The van der Waals surface area contributed by atoms with Gasteiger partial charge in [-0.2, -0.15) is 9.13 Å². The minimum Gasteiger partial charge on any atom is -0.437 e. The third-order valence-electron chi connectivity index (χ3n) is 1.82. The summed E-state index contributed by atoms with van der Waals surface area (Å²) in [5, 5.41) is 0. The highest BCUT2D eigenvalue weighted by atomic mass is 16.7. The molecule has 0 saturated heterocycles. The molecule has 0 aliphatic heterocycles. The fourth-order valence-corrected chi connectivity index (χ4v) is 1.17. The molecule has 0 fully saturated rings. The van der Waals surface area contributed by atoms with Crippen LogP contribution in [0.5, 0.6) is 6.01 Å². The normalized spacial score (nSPS) is 9.93. The lowest BCUT2D eigenvalue weighted by Gasteiger charge is -2.00. The number of hydrogen-bond donors (Lipinski definition) is 0. The van der Waals surface area contributed by atoms with Gasteiger partial charge in [0.25, 0.3) is 0 Å². The van der Waals surface area contributed by atoms with Crippen molar-refractivity contribution < 1.29 is 18.8 Å². The quantitative estimate of drug-likeness (QED) is 0.536. The third-order valence-corrected chi connectivity index (χ3v) is 1.82. The highest BCUT2D eigenvalue weighted by molar-refractivity contribution is 5.61. The highest BCUT2D eigenvalue weighted by Gasteiger charge is 2.19. The first kappa shape index (κ1) is 10.6. The number of aromatic nitrogens is 2. The molecular formula is C9H15N2O3+. The van der Waals surface area contributed by atoms with Crippen LogP contribution in [0, 0.1) is 0 Å². The van der Waals surface area contributed by atoms with Crippen molar-refractivity contribution in [3.63, 3.8) is 0 Å². The van der Waals surface area contributed by atoms with Gasteiger partial charge in [0.05, 0.1) is 20.7 Å². The summed E-state index contributed by atoms with van der Waals surface area (Å²) in [6.07, 6.45) is 3.97. The lowest BCUT2D eigenvalue weighted by atomic mass is 10.5. The molecule has 0 aliphatic carbocycles. The standard InChI is InChI=1S/C9H15N2O3/c1-4-5-11-7-6-10(2)8(11)14-9(12)13-3/h6-7H,4-5H2,1-3H3/q+1. The molecule has 0 radical (unpaired) electrons. The van der Waals surface area contributed by atoms with Crippen LogP contribution in [0.4, 0.5) is 4.79 Å². The summed E-state index contributed by atoms with van der Waals surface area (Å²) >= 11 is 0. The fourth-order valence-electron chi connectivity index (χ4n) is 1.17. The third kappa shape index (κ3) is 2.25. The van der Waals surface area contributed by atoms with Gasteiger partial charge in [0.2, 0.25) is 0 Å². The Balaban J connectivity index is 2.82. The summed E-state index contributed by atoms with van der Waals surface area (Å²) < 4.78 is 13.0. The molecule has 0 N–H and O–H groups in total. The lowest BCUT2D eigenvalue weighted by Crippen LogP contribution is -2.30. The van der Waals surface area contributed by atoms with Gasteiger partial charge in [0.1, 0.15) is 12.4 Å². The zero-order valence-electron chi connectivity index (χ0n) is 8.69. The number of aryl methyl sites for hydroxylation is 2. The number of imidazole rings is 1. The smallest absolute Gasteiger partial charge is 0.437 e. The maximum Gasteiger partial charge on any atom is 0.518 e. The molecule has 0 unspecified atom stereocenters. The summed E-state index contributed by atoms with van der Waals surface area (Å²) in [6.45, 7) is 2.87. The number of nitrogens with zero attached hydrogens (tertiary/aromatic N) is 2. The average Bonchev–Trinajstić information content (AvgIpc) is 2.50. The average molecular weight is 199 g/mol. The van der Waals surface area contributed by atoms with Gasteiger partial charge < -0.3 is 9.47 Å². The topological polar surface area (TPSA) is 44.3 Å². The summed E-state index contributed by atoms with van der Waals surface area (Å²) in [5.41, 5.74) is 0. The predicted molar refractivity (Wildman–Crippen MR) is 48.9 cm³/mol. The number of ether oxygens (including phenoxy) is 2. The molecule has 0 aromatic carbocycles. The maximum atomic E-state index is 10.9. The van der Waals surface area contributed by atoms with Crippen molar-refractivity contribution in [3.05, 3.63) is 12.4 Å². The predicted octanol–water partition coefficient (Wildman–Crippen LogP) is 0.868. The Morgan fingerprint density at radius 1 is 1.64 bits per heavy atom. The highest BCUT2D eigenvalue weighted by Crippen LogP contribution is 2.06. The van der Waals surface area contributed by atoms with Crippen molar-refractivity contribution in [2.45, 2.75) is 19.9 Å². The van der Waals surface area contributed by atoms with Crippen LogP contribution in [0.25, 0.3) is 0 Å². The van der Waals surface area contributed by atoms with Gasteiger partial charge in [-0.1, -0.05) is 6.92 Å². The van der Waals surface area contributed by atoms with E-state index in [-0.39, 0.29) is 0 Å². The Labute approximate surface area is 82.9 Å². The minimum atomic E-state index is -0.698. The zero-order valence-corrected chi connectivity index (χ0v) is 8.69. The van der Waals surface area contributed by atoms with Crippen molar-refractivity contribution in [2.24, 2.45) is 7.05 Å². The first-order valence-corrected chi connectivity index (χ1v) is 4.49. The van der Waals surface area contributed by atoms with Crippen LogP contribution in [0.2, 0.25) is 0 Å². The Morgan fingerprint density at radius 3 is 2.93 bits per heavy atom. The van der Waals surface area contributed by atoms with E-state index in [9.17, 15) is 4.79 Å².